The minimum absolute atomic E-state index is 0.0805. The normalized spacial score (nSPS) is 22.7. The monoisotopic (exact) mass is 239 g/mol. The van der Waals surface area contributed by atoms with Gasteiger partial charge in [0.2, 0.25) is 0 Å². The number of carbonyl (C=O) groups excluding carboxylic acids is 1. The Balaban J connectivity index is 2.87. The Morgan fingerprint density at radius 2 is 1.81 bits per heavy atom. The van der Waals surface area contributed by atoms with Crippen LogP contribution >= 0.6 is 0 Å². The van der Waals surface area contributed by atoms with Crippen LogP contribution in [0, 0.1) is 0 Å². The molecule has 0 bridgehead atoms. The van der Waals surface area contributed by atoms with Crippen LogP contribution in [0.4, 0.5) is 13.2 Å². The van der Waals surface area contributed by atoms with Gasteiger partial charge in [0.05, 0.1) is 0 Å². The van der Waals surface area contributed by atoms with Gasteiger partial charge in [-0.15, -0.1) is 0 Å². The molecule has 0 aliphatic carbocycles. The van der Waals surface area contributed by atoms with Crippen LogP contribution in [0.2, 0.25) is 0 Å². The molecular formula is C9H12F3NO3. The number of hydrogen-bond acceptors (Lipinski definition) is 2. The summed E-state index contributed by atoms with van der Waals surface area (Å²) in [5, 5.41) is 8.79. The van der Waals surface area contributed by atoms with Gasteiger partial charge < -0.3 is 10.0 Å². The largest absolute Gasteiger partial charge is 0.480 e. The number of carbonyl (C=O) groups is 2. The number of hydrogen-bond donors (Lipinski definition) is 1. The number of alkyl halides is 3. The standard InChI is InChI=1S/C9H12F3NO3/c10-9(11,12)8(16)13-5-3-1-2-4-6(13)7(14)15/h6H,1-5H2,(H,14,15). The predicted octanol–water partition coefficient (Wildman–Crippen LogP) is 1.40. The minimum atomic E-state index is -5.00. The molecule has 1 saturated heterocycles. The van der Waals surface area contributed by atoms with Crippen LogP contribution in [0.15, 0.2) is 0 Å². The van der Waals surface area contributed by atoms with Gasteiger partial charge >= 0.3 is 18.1 Å². The van der Waals surface area contributed by atoms with Gasteiger partial charge in [-0.2, -0.15) is 13.2 Å². The van der Waals surface area contributed by atoms with Crippen molar-refractivity contribution < 1.29 is 27.9 Å². The van der Waals surface area contributed by atoms with Crippen molar-refractivity contribution in [3.05, 3.63) is 0 Å². The van der Waals surface area contributed by atoms with Gasteiger partial charge in [0.15, 0.2) is 0 Å². The van der Waals surface area contributed by atoms with Crippen LogP contribution in [0.25, 0.3) is 0 Å². The zero-order chi connectivity index (χ0) is 12.3. The molecule has 0 spiro atoms. The number of amides is 1. The lowest BCUT2D eigenvalue weighted by atomic mass is 10.1. The van der Waals surface area contributed by atoms with E-state index in [0.717, 1.165) is 0 Å². The molecule has 92 valence electrons. The van der Waals surface area contributed by atoms with Crippen molar-refractivity contribution in [3.63, 3.8) is 0 Å². The highest BCUT2D eigenvalue weighted by molar-refractivity contribution is 5.87. The second-order valence-corrected chi connectivity index (χ2v) is 3.70. The molecule has 1 heterocycles. The Morgan fingerprint density at radius 3 is 2.31 bits per heavy atom. The summed E-state index contributed by atoms with van der Waals surface area (Å²) in [4.78, 5) is 22.2. The predicted molar refractivity (Wildman–Crippen MR) is 47.7 cm³/mol. The van der Waals surface area contributed by atoms with Gasteiger partial charge in [-0.05, 0) is 12.8 Å². The zero-order valence-electron chi connectivity index (χ0n) is 8.46. The average molecular weight is 239 g/mol. The zero-order valence-corrected chi connectivity index (χ0v) is 8.46. The Bertz CT molecular complexity index is 290. The summed E-state index contributed by atoms with van der Waals surface area (Å²) >= 11 is 0. The first-order chi connectivity index (χ1) is 7.34. The highest BCUT2D eigenvalue weighted by atomic mass is 19.4. The molecule has 1 N–H and O–H groups in total. The smallest absolute Gasteiger partial charge is 0.471 e. The van der Waals surface area contributed by atoms with E-state index >= 15 is 0 Å². The van der Waals surface area contributed by atoms with Gasteiger partial charge in [-0.25, -0.2) is 4.79 Å². The number of halogens is 3. The lowest BCUT2D eigenvalue weighted by molar-refractivity contribution is -0.189. The maximum Gasteiger partial charge on any atom is 0.471 e. The van der Waals surface area contributed by atoms with Crippen LogP contribution < -0.4 is 0 Å². The third kappa shape index (κ3) is 2.86. The number of rotatable bonds is 1. The highest BCUT2D eigenvalue weighted by Crippen LogP contribution is 2.24. The first kappa shape index (κ1) is 12.8. The lowest BCUT2D eigenvalue weighted by Gasteiger charge is -2.27. The van der Waals surface area contributed by atoms with Crippen molar-refractivity contribution in [3.8, 4) is 0 Å². The van der Waals surface area contributed by atoms with E-state index in [1.807, 2.05) is 0 Å². The summed E-state index contributed by atoms with van der Waals surface area (Å²) in [5.41, 5.74) is 0. The molecule has 0 saturated carbocycles. The average Bonchev–Trinajstić information content (AvgIpc) is 2.39. The molecule has 1 rings (SSSR count). The van der Waals surface area contributed by atoms with E-state index < -0.39 is 24.1 Å². The fourth-order valence-corrected chi connectivity index (χ4v) is 1.77. The Labute approximate surface area is 90.0 Å². The summed E-state index contributed by atoms with van der Waals surface area (Å²) in [5.74, 6) is -3.43. The Hall–Kier alpha value is -1.27. The maximum absolute atomic E-state index is 12.2. The van der Waals surface area contributed by atoms with Gasteiger partial charge in [0.1, 0.15) is 6.04 Å². The van der Waals surface area contributed by atoms with E-state index in [1.54, 1.807) is 0 Å². The number of carboxylic acid groups (broad SMARTS) is 1. The van der Waals surface area contributed by atoms with Crippen molar-refractivity contribution in [1.29, 1.82) is 0 Å². The molecule has 1 amide bonds. The molecule has 0 aromatic heterocycles. The molecule has 16 heavy (non-hydrogen) atoms. The van der Waals surface area contributed by atoms with Crippen LogP contribution in [-0.2, 0) is 9.59 Å². The molecule has 0 radical (unpaired) electrons. The van der Waals surface area contributed by atoms with Crippen LogP contribution in [0.3, 0.4) is 0 Å². The van der Waals surface area contributed by atoms with Crippen molar-refractivity contribution in [2.75, 3.05) is 6.54 Å². The van der Waals surface area contributed by atoms with Crippen LogP contribution in [0.5, 0.6) is 0 Å². The van der Waals surface area contributed by atoms with Crippen molar-refractivity contribution >= 4 is 11.9 Å². The van der Waals surface area contributed by atoms with Gasteiger partial charge in [-0.3, -0.25) is 4.79 Å². The second-order valence-electron chi connectivity index (χ2n) is 3.70. The Morgan fingerprint density at radius 1 is 1.19 bits per heavy atom. The summed E-state index contributed by atoms with van der Waals surface area (Å²) in [6.45, 7) is -0.144. The number of nitrogens with zero attached hydrogens (tertiary/aromatic N) is 1. The molecule has 1 unspecified atom stereocenters. The van der Waals surface area contributed by atoms with Crippen LogP contribution in [-0.4, -0.2) is 40.6 Å². The molecular weight excluding hydrogens is 227 g/mol. The van der Waals surface area contributed by atoms with Crippen LogP contribution in [0.1, 0.15) is 25.7 Å². The molecule has 1 atom stereocenters. The van der Waals surface area contributed by atoms with Gasteiger partial charge in [0, 0.05) is 6.54 Å². The second kappa shape index (κ2) is 4.71. The Kier molecular flexibility index (Phi) is 3.77. The number of likely N-dealkylation sites (tertiary alicyclic amines) is 1. The lowest BCUT2D eigenvalue weighted by Crippen LogP contribution is -2.50. The molecule has 1 aliphatic rings. The quantitative estimate of drug-likeness (QED) is 0.752. The third-order valence-corrected chi connectivity index (χ3v) is 2.54. The first-order valence-electron chi connectivity index (χ1n) is 4.94. The summed E-state index contributed by atoms with van der Waals surface area (Å²) < 4.78 is 36.7. The molecule has 0 aromatic rings. The first-order valence-corrected chi connectivity index (χ1v) is 4.94. The van der Waals surface area contributed by atoms with E-state index in [9.17, 15) is 22.8 Å². The summed E-state index contributed by atoms with van der Waals surface area (Å²) in [6.07, 6.45) is -3.34. The fraction of sp³-hybridized carbons (Fsp3) is 0.778. The van der Waals surface area contributed by atoms with Gasteiger partial charge in [0.25, 0.3) is 0 Å². The summed E-state index contributed by atoms with van der Waals surface area (Å²) in [7, 11) is 0. The minimum Gasteiger partial charge on any atom is -0.480 e. The van der Waals surface area contributed by atoms with Crippen molar-refractivity contribution in [1.82, 2.24) is 4.90 Å². The van der Waals surface area contributed by atoms with E-state index in [-0.39, 0.29) is 13.0 Å². The third-order valence-electron chi connectivity index (χ3n) is 2.54. The molecule has 4 nitrogen and oxygen atoms in total. The van der Waals surface area contributed by atoms with E-state index in [0.29, 0.717) is 24.2 Å². The summed E-state index contributed by atoms with van der Waals surface area (Å²) in [6, 6.07) is -1.35. The maximum atomic E-state index is 12.2. The molecule has 0 aromatic carbocycles. The number of aliphatic carboxylic acids is 1. The van der Waals surface area contributed by atoms with Crippen molar-refractivity contribution in [2.45, 2.75) is 37.9 Å². The molecule has 1 aliphatic heterocycles. The van der Waals surface area contributed by atoms with E-state index in [1.165, 1.54) is 0 Å². The number of carboxylic acids is 1. The topological polar surface area (TPSA) is 57.6 Å². The molecule has 7 heteroatoms. The molecule has 1 fully saturated rings. The van der Waals surface area contributed by atoms with Gasteiger partial charge in [-0.1, -0.05) is 12.8 Å². The SMILES string of the molecule is O=C(O)C1CCCCCN1C(=O)C(F)(F)F. The van der Waals surface area contributed by atoms with Crippen molar-refractivity contribution in [2.24, 2.45) is 0 Å². The van der Waals surface area contributed by atoms with E-state index in [2.05, 4.69) is 0 Å². The fourth-order valence-electron chi connectivity index (χ4n) is 1.77. The highest BCUT2D eigenvalue weighted by Gasteiger charge is 2.46. The van der Waals surface area contributed by atoms with E-state index in [4.69, 9.17) is 5.11 Å².